The van der Waals surface area contributed by atoms with Gasteiger partial charge in [0.15, 0.2) is 17.5 Å². The van der Waals surface area contributed by atoms with Crippen molar-refractivity contribution in [2.24, 2.45) is 0 Å². The molecule has 0 bridgehead atoms. The van der Waals surface area contributed by atoms with Crippen molar-refractivity contribution < 1.29 is 0 Å². The minimum absolute atomic E-state index is 0.627. The summed E-state index contributed by atoms with van der Waals surface area (Å²) < 4.78 is 0. The SMILES string of the molecule is c1ccc(-c2ccc(-c3nc(-c4ccccc4-c4ccccc4)nc(-c4c5ccccc5c(-c5ccccc5)c5ccc6ccccc6c45)n3)cc2)cc1. The third-order valence-electron chi connectivity index (χ3n) is 10.3. The first-order valence-corrected chi connectivity index (χ1v) is 18.3. The van der Waals surface area contributed by atoms with Gasteiger partial charge in [-0.3, -0.25) is 0 Å². The molecule has 0 spiro atoms. The van der Waals surface area contributed by atoms with Gasteiger partial charge in [0.2, 0.25) is 0 Å². The minimum atomic E-state index is 0.627. The summed E-state index contributed by atoms with van der Waals surface area (Å²) in [5, 5.41) is 6.87. The fourth-order valence-corrected chi connectivity index (χ4v) is 7.82. The van der Waals surface area contributed by atoms with E-state index in [0.717, 1.165) is 60.3 Å². The lowest BCUT2D eigenvalue weighted by molar-refractivity contribution is 1.08. The molecule has 10 aromatic rings. The molecule has 3 nitrogen and oxygen atoms in total. The Bertz CT molecular complexity index is 2960. The molecule has 0 atom stereocenters. The minimum Gasteiger partial charge on any atom is -0.208 e. The van der Waals surface area contributed by atoms with Gasteiger partial charge in [-0.25, -0.2) is 15.0 Å². The second kappa shape index (κ2) is 13.4. The van der Waals surface area contributed by atoms with E-state index in [4.69, 9.17) is 15.0 Å². The Balaban J connectivity index is 1.30. The Morgan fingerprint density at radius 2 is 0.722 bits per heavy atom. The van der Waals surface area contributed by atoms with Gasteiger partial charge in [-0.2, -0.15) is 0 Å². The lowest BCUT2D eigenvalue weighted by Crippen LogP contribution is -2.02. The highest BCUT2D eigenvalue weighted by molar-refractivity contribution is 6.27. The zero-order chi connectivity index (χ0) is 35.8. The highest BCUT2D eigenvalue weighted by Gasteiger charge is 2.23. The average Bonchev–Trinajstić information content (AvgIpc) is 3.26. The number of fused-ring (bicyclic) bond motifs is 4. The maximum Gasteiger partial charge on any atom is 0.165 e. The van der Waals surface area contributed by atoms with E-state index in [1.807, 2.05) is 12.1 Å². The first kappa shape index (κ1) is 31.5. The quantitative estimate of drug-likeness (QED) is 0.129. The first-order valence-electron chi connectivity index (χ1n) is 18.3. The third kappa shape index (κ3) is 5.51. The van der Waals surface area contributed by atoms with Gasteiger partial charge in [-0.05, 0) is 60.3 Å². The summed E-state index contributed by atoms with van der Waals surface area (Å²) in [4.78, 5) is 16.1. The smallest absolute Gasteiger partial charge is 0.165 e. The second-order valence-electron chi connectivity index (χ2n) is 13.5. The van der Waals surface area contributed by atoms with Crippen LogP contribution in [0.25, 0.3) is 99.9 Å². The lowest BCUT2D eigenvalue weighted by Gasteiger charge is -2.19. The van der Waals surface area contributed by atoms with E-state index in [9.17, 15) is 0 Å². The van der Waals surface area contributed by atoms with Crippen molar-refractivity contribution in [2.45, 2.75) is 0 Å². The normalized spacial score (nSPS) is 11.3. The molecule has 1 heterocycles. The fourth-order valence-electron chi connectivity index (χ4n) is 7.82. The summed E-state index contributed by atoms with van der Waals surface area (Å²) in [7, 11) is 0. The number of benzene rings is 9. The van der Waals surface area contributed by atoms with Crippen molar-refractivity contribution in [2.75, 3.05) is 0 Å². The van der Waals surface area contributed by atoms with Crippen LogP contribution >= 0.6 is 0 Å². The standard InChI is InChI=1S/C51H33N3/c1-4-16-34(17-5-1)35-28-30-39(31-29-35)49-52-50(44-27-15-12-23-40(44)36-18-6-2-7-19-36)54-51(53-49)48-43-26-14-13-25-42(43)46(38-21-8-3-9-22-38)45-33-32-37-20-10-11-24-41(37)47(45)48/h1-33H. The number of aromatic nitrogens is 3. The van der Waals surface area contributed by atoms with E-state index < -0.39 is 0 Å². The summed E-state index contributed by atoms with van der Waals surface area (Å²) in [5.74, 6) is 1.90. The zero-order valence-corrected chi connectivity index (χ0v) is 29.4. The summed E-state index contributed by atoms with van der Waals surface area (Å²) in [6.07, 6.45) is 0. The molecule has 0 unspecified atom stereocenters. The Labute approximate surface area is 313 Å². The number of nitrogens with zero attached hydrogens (tertiary/aromatic N) is 3. The molecule has 0 fully saturated rings. The van der Waals surface area contributed by atoms with Crippen LogP contribution in [0.15, 0.2) is 200 Å². The van der Waals surface area contributed by atoms with Crippen LogP contribution in [0.5, 0.6) is 0 Å². The van der Waals surface area contributed by atoms with Gasteiger partial charge in [0.25, 0.3) is 0 Å². The van der Waals surface area contributed by atoms with E-state index in [0.29, 0.717) is 17.5 Å². The monoisotopic (exact) mass is 687 g/mol. The highest BCUT2D eigenvalue weighted by Crippen LogP contribution is 2.46. The van der Waals surface area contributed by atoms with Gasteiger partial charge < -0.3 is 0 Å². The van der Waals surface area contributed by atoms with Gasteiger partial charge in [-0.1, -0.05) is 200 Å². The Hall–Kier alpha value is -7.23. The van der Waals surface area contributed by atoms with Crippen LogP contribution < -0.4 is 0 Å². The van der Waals surface area contributed by atoms with Crippen molar-refractivity contribution in [3.05, 3.63) is 200 Å². The van der Waals surface area contributed by atoms with Crippen molar-refractivity contribution in [3.8, 4) is 67.5 Å². The first-order chi connectivity index (χ1) is 26.8. The number of hydrogen-bond donors (Lipinski definition) is 0. The third-order valence-corrected chi connectivity index (χ3v) is 10.3. The van der Waals surface area contributed by atoms with Gasteiger partial charge in [0.1, 0.15) is 0 Å². The molecule has 0 aliphatic carbocycles. The van der Waals surface area contributed by atoms with Crippen LogP contribution in [0, 0.1) is 0 Å². The van der Waals surface area contributed by atoms with Crippen molar-refractivity contribution in [1.82, 2.24) is 15.0 Å². The van der Waals surface area contributed by atoms with Crippen LogP contribution in [0.2, 0.25) is 0 Å². The number of rotatable bonds is 6. The summed E-state index contributed by atoms with van der Waals surface area (Å²) >= 11 is 0. The molecule has 0 radical (unpaired) electrons. The Kier molecular flexibility index (Phi) is 7.81. The topological polar surface area (TPSA) is 38.7 Å². The Morgan fingerprint density at radius 3 is 1.43 bits per heavy atom. The predicted molar refractivity (Wildman–Crippen MR) is 225 cm³/mol. The lowest BCUT2D eigenvalue weighted by atomic mass is 9.86. The summed E-state index contributed by atoms with van der Waals surface area (Å²) in [5.41, 5.74) is 9.75. The average molecular weight is 688 g/mol. The molecule has 0 aliphatic rings. The molecule has 3 heteroatoms. The van der Waals surface area contributed by atoms with Crippen LogP contribution in [0.3, 0.4) is 0 Å². The maximum atomic E-state index is 5.44. The molecule has 0 saturated carbocycles. The fraction of sp³-hybridized carbons (Fsp3) is 0. The highest BCUT2D eigenvalue weighted by atomic mass is 15.0. The molecule has 0 saturated heterocycles. The van der Waals surface area contributed by atoms with Crippen LogP contribution in [0.4, 0.5) is 0 Å². The molecule has 252 valence electrons. The summed E-state index contributed by atoms with van der Waals surface area (Å²) in [6.45, 7) is 0. The molecule has 1 aromatic heterocycles. The second-order valence-corrected chi connectivity index (χ2v) is 13.5. The predicted octanol–water partition coefficient (Wildman–Crippen LogP) is 13.3. The van der Waals surface area contributed by atoms with Crippen LogP contribution in [-0.2, 0) is 0 Å². The van der Waals surface area contributed by atoms with Crippen LogP contribution in [-0.4, -0.2) is 15.0 Å². The molecule has 9 aromatic carbocycles. The van der Waals surface area contributed by atoms with Gasteiger partial charge in [0.05, 0.1) is 0 Å². The van der Waals surface area contributed by atoms with E-state index in [2.05, 4.69) is 188 Å². The largest absolute Gasteiger partial charge is 0.208 e. The van der Waals surface area contributed by atoms with Crippen molar-refractivity contribution >= 4 is 32.3 Å². The van der Waals surface area contributed by atoms with E-state index in [-0.39, 0.29) is 0 Å². The van der Waals surface area contributed by atoms with E-state index in [1.54, 1.807) is 0 Å². The zero-order valence-electron chi connectivity index (χ0n) is 29.4. The molecular formula is C51H33N3. The molecule has 10 rings (SSSR count). The van der Waals surface area contributed by atoms with Crippen LogP contribution in [0.1, 0.15) is 0 Å². The van der Waals surface area contributed by atoms with Crippen molar-refractivity contribution in [3.63, 3.8) is 0 Å². The molecule has 0 amide bonds. The molecule has 0 aliphatic heterocycles. The Morgan fingerprint density at radius 1 is 0.241 bits per heavy atom. The van der Waals surface area contributed by atoms with Gasteiger partial charge >= 0.3 is 0 Å². The molecule has 54 heavy (non-hydrogen) atoms. The maximum absolute atomic E-state index is 5.44. The van der Waals surface area contributed by atoms with E-state index in [1.165, 1.54) is 22.1 Å². The molecular weight excluding hydrogens is 655 g/mol. The van der Waals surface area contributed by atoms with E-state index >= 15 is 0 Å². The number of hydrogen-bond acceptors (Lipinski definition) is 3. The molecule has 0 N–H and O–H groups in total. The van der Waals surface area contributed by atoms with Gasteiger partial charge in [-0.15, -0.1) is 0 Å². The summed E-state index contributed by atoms with van der Waals surface area (Å²) in [6, 6.07) is 70.4. The van der Waals surface area contributed by atoms with Crippen molar-refractivity contribution in [1.29, 1.82) is 0 Å². The van der Waals surface area contributed by atoms with Gasteiger partial charge in [0, 0.05) is 22.1 Å².